The molecule has 0 saturated carbocycles. The first-order valence-electron chi connectivity index (χ1n) is 21.6. The van der Waals surface area contributed by atoms with E-state index in [2.05, 4.69) is 194 Å². The molecule has 0 nitrogen and oxygen atoms in total. The van der Waals surface area contributed by atoms with E-state index in [0.29, 0.717) is 0 Å². The molecule has 1 aliphatic carbocycles. The summed E-state index contributed by atoms with van der Waals surface area (Å²) in [6.07, 6.45) is 5.72. The SMILES string of the molecule is C1=Cc2c(cc3ccccc3c2-c2c3cc4c(cc3c(-c3c5ccccc5cc5ccccc35)c3c5cc6ccccc6c6cccc(c23)c65)c2cccc3cccc4c32)C1. The van der Waals surface area contributed by atoms with E-state index in [0.717, 1.165) is 6.42 Å². The van der Waals surface area contributed by atoms with E-state index in [1.165, 1.54) is 152 Å². The van der Waals surface area contributed by atoms with Gasteiger partial charge < -0.3 is 0 Å². The maximum atomic E-state index is 2.60. The summed E-state index contributed by atoms with van der Waals surface area (Å²) in [7, 11) is 0. The van der Waals surface area contributed by atoms with Gasteiger partial charge in [-0.1, -0.05) is 170 Å². The Balaban J connectivity index is 1.32. The number of benzene rings is 12. The predicted molar refractivity (Wildman–Crippen MR) is 265 cm³/mol. The second-order valence-corrected chi connectivity index (χ2v) is 17.4. The Kier molecular flexibility index (Phi) is 6.04. The van der Waals surface area contributed by atoms with Crippen LogP contribution in [0.2, 0.25) is 0 Å². The van der Waals surface area contributed by atoms with Crippen LogP contribution in [0.25, 0.3) is 147 Å². The van der Waals surface area contributed by atoms with E-state index < -0.39 is 0 Å². The van der Waals surface area contributed by atoms with Gasteiger partial charge in [-0.25, -0.2) is 0 Å². The lowest BCUT2D eigenvalue weighted by Gasteiger charge is -2.22. The fourth-order valence-corrected chi connectivity index (χ4v) is 12.0. The van der Waals surface area contributed by atoms with Crippen LogP contribution in [0.1, 0.15) is 11.1 Å². The van der Waals surface area contributed by atoms with Gasteiger partial charge in [0.2, 0.25) is 0 Å². The molecule has 0 fully saturated rings. The second kappa shape index (κ2) is 11.5. The summed E-state index contributed by atoms with van der Waals surface area (Å²) >= 11 is 0. The third-order valence-corrected chi connectivity index (χ3v) is 14.4. The topological polar surface area (TPSA) is 0 Å². The highest BCUT2D eigenvalue weighted by Crippen LogP contribution is 2.57. The predicted octanol–water partition coefficient (Wildman–Crippen LogP) is 17.2. The van der Waals surface area contributed by atoms with Crippen LogP contribution < -0.4 is 0 Å². The van der Waals surface area contributed by atoms with Crippen LogP contribution in [0.3, 0.4) is 0 Å². The Labute approximate surface area is 350 Å². The largest absolute Gasteiger partial charge is 0.0795 e. The molecule has 0 unspecified atom stereocenters. The number of fused-ring (bicyclic) bond motifs is 13. The molecule has 0 radical (unpaired) electrons. The van der Waals surface area contributed by atoms with E-state index in [1.807, 2.05) is 0 Å². The van der Waals surface area contributed by atoms with E-state index in [1.54, 1.807) is 0 Å². The van der Waals surface area contributed by atoms with Gasteiger partial charge in [-0.05, 0) is 183 Å². The van der Waals surface area contributed by atoms with Crippen molar-refractivity contribution in [2.45, 2.75) is 6.42 Å². The van der Waals surface area contributed by atoms with Crippen molar-refractivity contribution in [3.63, 3.8) is 0 Å². The molecule has 15 rings (SSSR count). The maximum absolute atomic E-state index is 2.60. The van der Waals surface area contributed by atoms with Crippen molar-refractivity contribution in [3.8, 4) is 22.3 Å². The van der Waals surface area contributed by atoms with E-state index in [9.17, 15) is 0 Å². The normalized spacial score (nSPS) is 13.1. The molecule has 14 aromatic carbocycles. The van der Waals surface area contributed by atoms with Gasteiger partial charge in [0, 0.05) is 0 Å². The van der Waals surface area contributed by atoms with Gasteiger partial charge in [0.05, 0.1) is 0 Å². The van der Waals surface area contributed by atoms with E-state index in [-0.39, 0.29) is 0 Å². The molecule has 0 amide bonds. The third-order valence-electron chi connectivity index (χ3n) is 14.4. The molecule has 0 bridgehead atoms. The molecular formula is C61H34. The second-order valence-electron chi connectivity index (χ2n) is 17.4. The molecular weight excluding hydrogens is 733 g/mol. The van der Waals surface area contributed by atoms with Crippen LogP contribution in [0.4, 0.5) is 0 Å². The van der Waals surface area contributed by atoms with Gasteiger partial charge >= 0.3 is 0 Å². The Morgan fingerprint density at radius 2 is 0.705 bits per heavy atom. The molecule has 14 aromatic rings. The summed E-state index contributed by atoms with van der Waals surface area (Å²) in [6.45, 7) is 0. The lowest BCUT2D eigenvalue weighted by atomic mass is 9.80. The first-order chi connectivity index (χ1) is 30.3. The zero-order valence-electron chi connectivity index (χ0n) is 33.2. The molecule has 278 valence electrons. The molecule has 0 atom stereocenters. The monoisotopic (exact) mass is 766 g/mol. The van der Waals surface area contributed by atoms with Crippen molar-refractivity contribution in [3.05, 3.63) is 199 Å². The Hall–Kier alpha value is -7.80. The Bertz CT molecular complexity index is 4230. The molecule has 61 heavy (non-hydrogen) atoms. The summed E-state index contributed by atoms with van der Waals surface area (Å²) < 4.78 is 0. The maximum Gasteiger partial charge on any atom is -0.000674 e. The van der Waals surface area contributed by atoms with Gasteiger partial charge in [0.1, 0.15) is 0 Å². The zero-order valence-corrected chi connectivity index (χ0v) is 33.2. The highest BCUT2D eigenvalue weighted by molar-refractivity contribution is 6.45. The Morgan fingerprint density at radius 3 is 1.36 bits per heavy atom. The summed E-state index contributed by atoms with van der Waals surface area (Å²) in [5, 5.41) is 28.8. The highest BCUT2D eigenvalue weighted by atomic mass is 14.3. The van der Waals surface area contributed by atoms with Crippen molar-refractivity contribution in [1.29, 1.82) is 0 Å². The molecule has 0 heterocycles. The summed E-state index contributed by atoms with van der Waals surface area (Å²) in [4.78, 5) is 0. The lowest BCUT2D eigenvalue weighted by Crippen LogP contribution is -1.95. The van der Waals surface area contributed by atoms with Gasteiger partial charge in [0.25, 0.3) is 0 Å². The molecule has 0 saturated heterocycles. The van der Waals surface area contributed by atoms with Gasteiger partial charge in [0.15, 0.2) is 0 Å². The standard InChI is InChI=1S/C61H34/c1-5-20-40-39(16-1)31-53-55-45(40)27-12-28-48(55)58-59(57-43-23-8-4-15-37(43)30-38-19-11-24-44(38)57)51-32-49-46-25-9-17-34-18-10-26-47(54(34)46)50(49)33-52(51)60(61(53)58)56-41-21-6-2-13-35(41)29-36-14-3-7-22-42(36)56/h1-18,20-33H,19H2. The fraction of sp³-hybridized carbons (Fsp3) is 0.0164. The summed E-state index contributed by atoms with van der Waals surface area (Å²) in [5.41, 5.74) is 8.08. The quantitative estimate of drug-likeness (QED) is 0.121. The van der Waals surface area contributed by atoms with Crippen molar-refractivity contribution < 1.29 is 0 Å². The molecule has 1 aliphatic rings. The van der Waals surface area contributed by atoms with Crippen LogP contribution in [-0.2, 0) is 6.42 Å². The van der Waals surface area contributed by atoms with Crippen LogP contribution in [0, 0.1) is 0 Å². The minimum absolute atomic E-state index is 0.946. The molecule has 0 spiro atoms. The number of hydrogen-bond acceptors (Lipinski definition) is 0. The minimum atomic E-state index is 0.946. The van der Waals surface area contributed by atoms with Crippen LogP contribution >= 0.6 is 0 Å². The van der Waals surface area contributed by atoms with Crippen molar-refractivity contribution in [2.24, 2.45) is 0 Å². The molecule has 0 aliphatic heterocycles. The van der Waals surface area contributed by atoms with Crippen LogP contribution in [0.15, 0.2) is 188 Å². The minimum Gasteiger partial charge on any atom is -0.0795 e. The Morgan fingerprint density at radius 1 is 0.246 bits per heavy atom. The van der Waals surface area contributed by atoms with Gasteiger partial charge in [-0.15, -0.1) is 0 Å². The third kappa shape index (κ3) is 4.05. The number of allylic oxidation sites excluding steroid dienone is 1. The van der Waals surface area contributed by atoms with Gasteiger partial charge in [-0.3, -0.25) is 0 Å². The lowest BCUT2D eigenvalue weighted by molar-refractivity contribution is 1.33. The summed E-state index contributed by atoms with van der Waals surface area (Å²) in [5.74, 6) is 0. The van der Waals surface area contributed by atoms with Gasteiger partial charge in [-0.2, -0.15) is 0 Å². The van der Waals surface area contributed by atoms with E-state index >= 15 is 0 Å². The average Bonchev–Trinajstić information content (AvgIpc) is 4.01. The van der Waals surface area contributed by atoms with Crippen LogP contribution in [0.5, 0.6) is 0 Å². The smallest absolute Gasteiger partial charge is 0.000674 e. The van der Waals surface area contributed by atoms with E-state index in [4.69, 9.17) is 0 Å². The molecule has 0 heteroatoms. The fourth-order valence-electron chi connectivity index (χ4n) is 12.0. The number of rotatable bonds is 2. The first-order valence-corrected chi connectivity index (χ1v) is 21.6. The first kappa shape index (κ1) is 32.1. The van der Waals surface area contributed by atoms with Crippen molar-refractivity contribution >= 4 is 125 Å². The highest BCUT2D eigenvalue weighted by Gasteiger charge is 2.29. The van der Waals surface area contributed by atoms with Crippen molar-refractivity contribution in [2.75, 3.05) is 0 Å². The summed E-state index contributed by atoms with van der Waals surface area (Å²) in [6, 6.07) is 69.5. The van der Waals surface area contributed by atoms with Crippen LogP contribution in [-0.4, -0.2) is 0 Å². The number of hydrogen-bond donors (Lipinski definition) is 0. The molecule has 0 N–H and O–H groups in total. The molecule has 0 aromatic heterocycles. The zero-order chi connectivity index (χ0) is 39.5. The van der Waals surface area contributed by atoms with Crippen molar-refractivity contribution in [1.82, 2.24) is 0 Å². The average molecular weight is 767 g/mol.